The molecular formula is C20H25N5O3. The van der Waals surface area contributed by atoms with Crippen LogP contribution in [0.3, 0.4) is 0 Å². The molecule has 148 valence electrons. The average molecular weight is 383 g/mol. The summed E-state index contributed by atoms with van der Waals surface area (Å²) in [6, 6.07) is 4.70. The van der Waals surface area contributed by atoms with Crippen LogP contribution in [0.25, 0.3) is 10.9 Å². The Morgan fingerprint density at radius 2 is 2.04 bits per heavy atom. The van der Waals surface area contributed by atoms with Gasteiger partial charge in [-0.3, -0.25) is 18.8 Å². The summed E-state index contributed by atoms with van der Waals surface area (Å²) < 4.78 is 3.03. The largest absolute Gasteiger partial charge is 0.348 e. The maximum atomic E-state index is 12.5. The van der Waals surface area contributed by atoms with E-state index >= 15 is 0 Å². The van der Waals surface area contributed by atoms with Crippen LogP contribution in [0, 0.1) is 6.92 Å². The number of H-pyrrole nitrogens is 1. The van der Waals surface area contributed by atoms with Crippen molar-refractivity contribution in [2.24, 2.45) is 0 Å². The maximum Gasteiger partial charge on any atom is 0.328 e. The van der Waals surface area contributed by atoms with Crippen LogP contribution in [0.1, 0.15) is 48.3 Å². The molecule has 0 aliphatic heterocycles. The number of fused-ring (bicyclic) bond motifs is 1. The van der Waals surface area contributed by atoms with E-state index in [-0.39, 0.29) is 18.0 Å². The van der Waals surface area contributed by atoms with Crippen LogP contribution in [0.4, 0.5) is 0 Å². The van der Waals surface area contributed by atoms with Gasteiger partial charge in [0, 0.05) is 37.0 Å². The molecule has 0 aliphatic rings. The normalized spacial score (nSPS) is 11.1. The number of carbonyl (C=O) groups excluding carboxylic acids is 1. The zero-order chi connectivity index (χ0) is 20.3. The lowest BCUT2D eigenvalue weighted by atomic mass is 10.1. The molecule has 0 bridgehead atoms. The Balaban J connectivity index is 1.78. The summed E-state index contributed by atoms with van der Waals surface area (Å²) in [5.41, 5.74) is 1.75. The number of hydrogen-bond acceptors (Lipinski definition) is 4. The summed E-state index contributed by atoms with van der Waals surface area (Å²) in [7, 11) is 0. The van der Waals surface area contributed by atoms with Gasteiger partial charge in [-0.15, -0.1) is 0 Å². The average Bonchev–Trinajstić information content (AvgIpc) is 3.03. The summed E-state index contributed by atoms with van der Waals surface area (Å²) in [6.45, 7) is 7.30. The highest BCUT2D eigenvalue weighted by Gasteiger charge is 2.12. The number of unbranched alkanes of at least 4 members (excludes halogenated alkanes) is 1. The van der Waals surface area contributed by atoms with Crippen LogP contribution in [-0.2, 0) is 19.6 Å². The van der Waals surface area contributed by atoms with Crippen molar-refractivity contribution >= 4 is 16.8 Å². The molecule has 3 aromatic rings. The minimum atomic E-state index is -0.479. The predicted octanol–water partition coefficient (Wildman–Crippen LogP) is 1.94. The molecule has 1 aromatic carbocycles. The number of nitrogens with one attached hydrogen (secondary N) is 2. The van der Waals surface area contributed by atoms with Gasteiger partial charge in [-0.2, -0.15) is 5.10 Å². The molecule has 2 heterocycles. The van der Waals surface area contributed by atoms with E-state index < -0.39 is 5.69 Å². The SMILES string of the molecule is CCCCn1cc(CNC(=O)c2ccc3c(=O)n(CC)c(=O)[nH]c3c2)c(C)n1. The summed E-state index contributed by atoms with van der Waals surface area (Å²) in [4.78, 5) is 39.5. The molecule has 2 N–H and O–H groups in total. The Morgan fingerprint density at radius 3 is 2.75 bits per heavy atom. The van der Waals surface area contributed by atoms with Crippen LogP contribution >= 0.6 is 0 Å². The van der Waals surface area contributed by atoms with E-state index in [1.807, 2.05) is 17.8 Å². The topological polar surface area (TPSA) is 102 Å². The van der Waals surface area contributed by atoms with Crippen molar-refractivity contribution in [1.82, 2.24) is 24.6 Å². The van der Waals surface area contributed by atoms with Crippen molar-refractivity contribution in [3.05, 3.63) is 62.1 Å². The van der Waals surface area contributed by atoms with Gasteiger partial charge < -0.3 is 10.3 Å². The first kappa shape index (κ1) is 19.6. The molecule has 0 atom stereocenters. The van der Waals surface area contributed by atoms with Crippen LogP contribution in [0.5, 0.6) is 0 Å². The highest BCUT2D eigenvalue weighted by molar-refractivity contribution is 5.97. The third-order valence-corrected chi connectivity index (χ3v) is 4.79. The first-order valence-electron chi connectivity index (χ1n) is 9.52. The summed E-state index contributed by atoms with van der Waals surface area (Å²) in [6.07, 6.45) is 4.11. The summed E-state index contributed by atoms with van der Waals surface area (Å²) in [5, 5.41) is 7.72. The quantitative estimate of drug-likeness (QED) is 0.651. The van der Waals surface area contributed by atoms with Gasteiger partial charge in [0.05, 0.1) is 16.6 Å². The molecule has 2 aromatic heterocycles. The maximum absolute atomic E-state index is 12.5. The molecule has 0 fully saturated rings. The number of carbonyl (C=O) groups is 1. The molecular weight excluding hydrogens is 358 g/mol. The van der Waals surface area contributed by atoms with Gasteiger partial charge >= 0.3 is 5.69 Å². The lowest BCUT2D eigenvalue weighted by Gasteiger charge is -2.07. The first-order chi connectivity index (χ1) is 13.4. The smallest absolute Gasteiger partial charge is 0.328 e. The van der Waals surface area contributed by atoms with Gasteiger partial charge in [0.2, 0.25) is 0 Å². The van der Waals surface area contributed by atoms with E-state index in [9.17, 15) is 14.4 Å². The van der Waals surface area contributed by atoms with E-state index in [0.717, 1.165) is 35.2 Å². The van der Waals surface area contributed by atoms with E-state index in [0.29, 0.717) is 23.0 Å². The zero-order valence-corrected chi connectivity index (χ0v) is 16.4. The molecule has 0 radical (unpaired) electrons. The number of hydrogen-bond donors (Lipinski definition) is 2. The zero-order valence-electron chi connectivity index (χ0n) is 16.4. The fourth-order valence-corrected chi connectivity index (χ4v) is 3.13. The second-order valence-corrected chi connectivity index (χ2v) is 6.78. The molecule has 0 aliphatic carbocycles. The molecule has 28 heavy (non-hydrogen) atoms. The van der Waals surface area contributed by atoms with Crippen LogP contribution in [0.2, 0.25) is 0 Å². The highest BCUT2D eigenvalue weighted by Crippen LogP contribution is 2.11. The Morgan fingerprint density at radius 1 is 1.25 bits per heavy atom. The van der Waals surface area contributed by atoms with E-state index in [4.69, 9.17) is 0 Å². The third-order valence-electron chi connectivity index (χ3n) is 4.79. The van der Waals surface area contributed by atoms with Crippen molar-refractivity contribution < 1.29 is 4.79 Å². The number of nitrogens with zero attached hydrogens (tertiary/aromatic N) is 3. The molecule has 1 amide bonds. The second-order valence-electron chi connectivity index (χ2n) is 6.78. The number of aryl methyl sites for hydroxylation is 2. The summed E-state index contributed by atoms with van der Waals surface area (Å²) in [5.74, 6) is -0.275. The van der Waals surface area contributed by atoms with Gasteiger partial charge in [0.15, 0.2) is 0 Å². The third kappa shape index (κ3) is 3.90. The Kier molecular flexibility index (Phi) is 5.77. The molecule has 0 saturated heterocycles. The van der Waals surface area contributed by atoms with Gasteiger partial charge in [-0.25, -0.2) is 4.79 Å². The van der Waals surface area contributed by atoms with Gasteiger partial charge in [0.1, 0.15) is 0 Å². The Bertz CT molecular complexity index is 1120. The van der Waals surface area contributed by atoms with Crippen LogP contribution in [0.15, 0.2) is 34.0 Å². The van der Waals surface area contributed by atoms with E-state index in [1.54, 1.807) is 19.1 Å². The number of amides is 1. The standard InChI is InChI=1S/C20H25N5O3/c1-4-6-9-24-12-15(13(3)23-24)11-21-18(26)14-7-8-16-17(10-14)22-20(28)25(5-2)19(16)27/h7-8,10,12H,4-6,9,11H2,1-3H3,(H,21,26)(H,22,28). The molecule has 0 unspecified atom stereocenters. The number of benzene rings is 1. The minimum Gasteiger partial charge on any atom is -0.348 e. The predicted molar refractivity (Wildman–Crippen MR) is 108 cm³/mol. The molecule has 0 spiro atoms. The lowest BCUT2D eigenvalue weighted by molar-refractivity contribution is 0.0951. The minimum absolute atomic E-state index is 0.275. The number of aromatic nitrogens is 4. The van der Waals surface area contributed by atoms with Crippen molar-refractivity contribution in [1.29, 1.82) is 0 Å². The van der Waals surface area contributed by atoms with Crippen molar-refractivity contribution in [2.45, 2.75) is 53.2 Å². The molecule has 3 rings (SSSR count). The van der Waals surface area contributed by atoms with Crippen molar-refractivity contribution in [2.75, 3.05) is 0 Å². The molecule has 8 nitrogen and oxygen atoms in total. The first-order valence-corrected chi connectivity index (χ1v) is 9.52. The van der Waals surface area contributed by atoms with Crippen LogP contribution < -0.4 is 16.6 Å². The Hall–Kier alpha value is -3.16. The molecule has 8 heteroatoms. The fraction of sp³-hybridized carbons (Fsp3) is 0.400. The fourth-order valence-electron chi connectivity index (χ4n) is 3.13. The second kappa shape index (κ2) is 8.24. The van der Waals surface area contributed by atoms with Gasteiger partial charge in [-0.1, -0.05) is 13.3 Å². The van der Waals surface area contributed by atoms with Crippen LogP contribution in [-0.4, -0.2) is 25.2 Å². The summed E-state index contributed by atoms with van der Waals surface area (Å²) >= 11 is 0. The van der Waals surface area contributed by atoms with E-state index in [1.165, 1.54) is 6.07 Å². The van der Waals surface area contributed by atoms with Crippen molar-refractivity contribution in [3.63, 3.8) is 0 Å². The molecule has 0 saturated carbocycles. The van der Waals surface area contributed by atoms with Gasteiger partial charge in [0.25, 0.3) is 11.5 Å². The number of aromatic amines is 1. The number of rotatable bonds is 7. The van der Waals surface area contributed by atoms with Crippen molar-refractivity contribution in [3.8, 4) is 0 Å². The monoisotopic (exact) mass is 383 g/mol. The van der Waals surface area contributed by atoms with E-state index in [2.05, 4.69) is 22.3 Å². The Labute approximate surface area is 162 Å². The highest BCUT2D eigenvalue weighted by atomic mass is 16.2. The van der Waals surface area contributed by atoms with Gasteiger partial charge in [-0.05, 0) is 38.5 Å². The lowest BCUT2D eigenvalue weighted by Crippen LogP contribution is -2.34.